The number of aromatic nitrogens is 1. The summed E-state index contributed by atoms with van der Waals surface area (Å²) in [5.41, 5.74) is 3.39. The van der Waals surface area contributed by atoms with E-state index in [4.69, 9.17) is 4.74 Å². The van der Waals surface area contributed by atoms with Crippen molar-refractivity contribution in [2.75, 3.05) is 26.2 Å². The summed E-state index contributed by atoms with van der Waals surface area (Å²) in [5, 5.41) is 3.36. The number of hydrogen-bond donors (Lipinski definition) is 1. The molecule has 2 heterocycles. The van der Waals surface area contributed by atoms with Gasteiger partial charge in [-0.15, -0.1) is 12.4 Å². The van der Waals surface area contributed by atoms with Crippen molar-refractivity contribution in [1.82, 2.24) is 15.2 Å². The van der Waals surface area contributed by atoms with Gasteiger partial charge in [0.1, 0.15) is 5.75 Å². The van der Waals surface area contributed by atoms with Gasteiger partial charge in [0, 0.05) is 32.0 Å². The molecule has 26 heavy (non-hydrogen) atoms. The SMILES string of the molecule is Cc1cccc(OCCC(=O)N2CCNCC2c2cccnc2)c1C.Cl. The summed E-state index contributed by atoms with van der Waals surface area (Å²) >= 11 is 0. The van der Waals surface area contributed by atoms with Gasteiger partial charge in [0.05, 0.1) is 19.1 Å². The highest BCUT2D eigenvalue weighted by atomic mass is 35.5. The van der Waals surface area contributed by atoms with Crippen molar-refractivity contribution in [2.24, 2.45) is 0 Å². The zero-order valence-corrected chi connectivity index (χ0v) is 16.1. The first-order valence-corrected chi connectivity index (χ1v) is 8.76. The van der Waals surface area contributed by atoms with Crippen molar-refractivity contribution in [3.63, 3.8) is 0 Å². The van der Waals surface area contributed by atoms with Crippen molar-refractivity contribution >= 4 is 18.3 Å². The number of ether oxygens (including phenoxy) is 1. The molecule has 1 saturated heterocycles. The van der Waals surface area contributed by atoms with Crippen LogP contribution in [0, 0.1) is 13.8 Å². The van der Waals surface area contributed by atoms with Crippen molar-refractivity contribution in [3.8, 4) is 5.75 Å². The lowest BCUT2D eigenvalue weighted by molar-refractivity contribution is -0.135. The van der Waals surface area contributed by atoms with Crippen LogP contribution in [0.25, 0.3) is 0 Å². The second-order valence-corrected chi connectivity index (χ2v) is 6.39. The molecule has 0 bridgehead atoms. The summed E-state index contributed by atoms with van der Waals surface area (Å²) < 4.78 is 5.84. The monoisotopic (exact) mass is 375 g/mol. The van der Waals surface area contributed by atoms with Crippen molar-refractivity contribution < 1.29 is 9.53 Å². The number of halogens is 1. The molecule has 1 N–H and O–H groups in total. The molecule has 140 valence electrons. The van der Waals surface area contributed by atoms with Gasteiger partial charge >= 0.3 is 0 Å². The summed E-state index contributed by atoms with van der Waals surface area (Å²) in [4.78, 5) is 18.8. The zero-order valence-electron chi connectivity index (χ0n) is 15.3. The van der Waals surface area contributed by atoms with E-state index in [0.29, 0.717) is 19.6 Å². The summed E-state index contributed by atoms with van der Waals surface area (Å²) in [6.45, 7) is 6.79. The number of rotatable bonds is 5. The molecule has 2 aromatic rings. The third-order valence-electron chi connectivity index (χ3n) is 4.76. The molecule has 1 amide bonds. The Labute approximate surface area is 161 Å². The molecule has 1 atom stereocenters. The maximum absolute atomic E-state index is 12.7. The van der Waals surface area contributed by atoms with Crippen LogP contribution in [0.2, 0.25) is 0 Å². The molecular weight excluding hydrogens is 350 g/mol. The van der Waals surface area contributed by atoms with Crippen molar-refractivity contribution in [2.45, 2.75) is 26.3 Å². The minimum absolute atomic E-state index is 0. The van der Waals surface area contributed by atoms with Crippen LogP contribution in [0.4, 0.5) is 0 Å². The molecule has 1 aromatic carbocycles. The fourth-order valence-corrected chi connectivity index (χ4v) is 3.15. The van der Waals surface area contributed by atoms with E-state index in [-0.39, 0.29) is 24.4 Å². The molecule has 1 aromatic heterocycles. The molecule has 0 aliphatic carbocycles. The van der Waals surface area contributed by atoms with E-state index in [1.807, 2.05) is 42.3 Å². The van der Waals surface area contributed by atoms with Crippen LogP contribution < -0.4 is 10.1 Å². The Bertz CT molecular complexity index is 724. The van der Waals surface area contributed by atoms with E-state index < -0.39 is 0 Å². The summed E-state index contributed by atoms with van der Waals surface area (Å²) in [7, 11) is 0. The van der Waals surface area contributed by atoms with Gasteiger partial charge in [-0.05, 0) is 42.7 Å². The highest BCUT2D eigenvalue weighted by molar-refractivity contribution is 5.85. The van der Waals surface area contributed by atoms with Gasteiger partial charge in [0.25, 0.3) is 0 Å². The fourth-order valence-electron chi connectivity index (χ4n) is 3.15. The van der Waals surface area contributed by atoms with Crippen LogP contribution in [0.5, 0.6) is 5.75 Å². The third kappa shape index (κ3) is 4.74. The minimum atomic E-state index is 0. The second-order valence-electron chi connectivity index (χ2n) is 6.39. The predicted molar refractivity (Wildman–Crippen MR) is 105 cm³/mol. The Morgan fingerprint density at radius 3 is 2.92 bits per heavy atom. The van der Waals surface area contributed by atoms with Gasteiger partial charge in [0.2, 0.25) is 5.91 Å². The van der Waals surface area contributed by atoms with Crippen LogP contribution >= 0.6 is 12.4 Å². The van der Waals surface area contributed by atoms with Gasteiger partial charge in [0.15, 0.2) is 0 Å². The minimum Gasteiger partial charge on any atom is -0.493 e. The topological polar surface area (TPSA) is 54.5 Å². The largest absolute Gasteiger partial charge is 0.493 e. The number of carbonyl (C=O) groups excluding carboxylic acids is 1. The molecule has 1 aliphatic heterocycles. The van der Waals surface area contributed by atoms with E-state index in [1.165, 1.54) is 5.56 Å². The first kappa shape index (κ1) is 20.2. The number of nitrogens with zero attached hydrogens (tertiary/aromatic N) is 2. The Morgan fingerprint density at radius 1 is 1.31 bits per heavy atom. The van der Waals surface area contributed by atoms with Crippen LogP contribution in [0.3, 0.4) is 0 Å². The van der Waals surface area contributed by atoms with Crippen LogP contribution in [0.1, 0.15) is 29.2 Å². The van der Waals surface area contributed by atoms with E-state index in [0.717, 1.165) is 30.0 Å². The lowest BCUT2D eigenvalue weighted by Gasteiger charge is -2.36. The number of carbonyl (C=O) groups is 1. The molecular formula is C20H26ClN3O2. The smallest absolute Gasteiger partial charge is 0.226 e. The number of amides is 1. The number of pyridine rings is 1. The quantitative estimate of drug-likeness (QED) is 0.872. The Kier molecular flexibility index (Phi) is 7.42. The summed E-state index contributed by atoms with van der Waals surface area (Å²) in [5.74, 6) is 0.984. The average molecular weight is 376 g/mol. The standard InChI is InChI=1S/C20H25N3O2.ClH/c1-15-5-3-7-19(16(15)2)25-12-8-20(24)23-11-10-22-14-18(23)17-6-4-9-21-13-17;/h3-7,9,13,18,22H,8,10-12,14H2,1-2H3;1H. The van der Waals surface area contributed by atoms with Crippen LogP contribution in [-0.2, 0) is 4.79 Å². The number of piperazine rings is 1. The van der Waals surface area contributed by atoms with Gasteiger partial charge < -0.3 is 15.0 Å². The van der Waals surface area contributed by atoms with E-state index in [2.05, 4.69) is 23.3 Å². The molecule has 1 fully saturated rings. The first-order chi connectivity index (χ1) is 12.2. The van der Waals surface area contributed by atoms with Crippen molar-refractivity contribution in [3.05, 3.63) is 59.4 Å². The molecule has 5 nitrogen and oxygen atoms in total. The lowest BCUT2D eigenvalue weighted by atomic mass is 10.0. The maximum atomic E-state index is 12.7. The zero-order chi connectivity index (χ0) is 17.6. The Hall–Kier alpha value is -2.11. The number of aryl methyl sites for hydroxylation is 1. The van der Waals surface area contributed by atoms with Crippen molar-refractivity contribution in [1.29, 1.82) is 0 Å². The fraction of sp³-hybridized carbons (Fsp3) is 0.400. The molecule has 0 saturated carbocycles. The molecule has 3 rings (SSSR count). The number of hydrogen-bond acceptors (Lipinski definition) is 4. The summed E-state index contributed by atoms with van der Waals surface area (Å²) in [6.07, 6.45) is 3.97. The number of benzene rings is 1. The molecule has 0 radical (unpaired) electrons. The highest BCUT2D eigenvalue weighted by Gasteiger charge is 2.27. The normalized spacial score (nSPS) is 16.7. The molecule has 1 unspecified atom stereocenters. The van der Waals surface area contributed by atoms with Gasteiger partial charge in [-0.3, -0.25) is 9.78 Å². The van der Waals surface area contributed by atoms with Crippen LogP contribution in [0.15, 0.2) is 42.7 Å². The van der Waals surface area contributed by atoms with Gasteiger partial charge in [-0.2, -0.15) is 0 Å². The van der Waals surface area contributed by atoms with E-state index in [1.54, 1.807) is 6.20 Å². The van der Waals surface area contributed by atoms with Gasteiger partial charge in [-0.25, -0.2) is 0 Å². The maximum Gasteiger partial charge on any atom is 0.226 e. The Morgan fingerprint density at radius 2 is 2.15 bits per heavy atom. The van der Waals surface area contributed by atoms with Gasteiger partial charge in [-0.1, -0.05) is 18.2 Å². The summed E-state index contributed by atoms with van der Waals surface area (Å²) in [6, 6.07) is 9.97. The number of nitrogens with one attached hydrogen (secondary N) is 1. The average Bonchev–Trinajstić information content (AvgIpc) is 2.66. The molecule has 0 spiro atoms. The Balaban J connectivity index is 0.00000243. The third-order valence-corrected chi connectivity index (χ3v) is 4.76. The first-order valence-electron chi connectivity index (χ1n) is 8.76. The lowest BCUT2D eigenvalue weighted by Crippen LogP contribution is -2.49. The second kappa shape index (κ2) is 9.55. The van der Waals surface area contributed by atoms with E-state index >= 15 is 0 Å². The predicted octanol–water partition coefficient (Wildman–Crippen LogP) is 3.06. The highest BCUT2D eigenvalue weighted by Crippen LogP contribution is 2.23. The van der Waals surface area contributed by atoms with E-state index in [9.17, 15) is 4.79 Å². The molecule has 6 heteroatoms. The molecule has 1 aliphatic rings. The van der Waals surface area contributed by atoms with Crippen LogP contribution in [-0.4, -0.2) is 42.0 Å².